The number of fused-ring (bicyclic) bond motifs is 3. The molecule has 1 aliphatic rings. The number of nitrogens with zero attached hydrogens (tertiary/aromatic N) is 1. The highest BCUT2D eigenvalue weighted by Gasteiger charge is 2.42. The van der Waals surface area contributed by atoms with E-state index in [0.717, 1.165) is 33.3 Å². The van der Waals surface area contributed by atoms with Crippen LogP contribution in [0.15, 0.2) is 66.7 Å². The van der Waals surface area contributed by atoms with Gasteiger partial charge in [-0.25, -0.2) is 0 Å². The highest BCUT2D eigenvalue weighted by atomic mass is 16.5. The topological polar surface area (TPSA) is 73.0 Å². The van der Waals surface area contributed by atoms with E-state index in [4.69, 9.17) is 18.9 Å². The molecule has 0 unspecified atom stereocenters. The molecule has 1 aromatic heterocycles. The number of rotatable bonds is 7. The van der Waals surface area contributed by atoms with Gasteiger partial charge in [0.05, 0.1) is 34.5 Å². The third-order valence-electron chi connectivity index (χ3n) is 6.93. The average molecular weight is 487 g/mol. The molecular formula is C29H30N2O5. The van der Waals surface area contributed by atoms with Gasteiger partial charge in [-0.2, -0.15) is 0 Å². The number of aromatic amines is 1. The molecule has 0 radical (unpaired) electrons. The van der Waals surface area contributed by atoms with Crippen molar-refractivity contribution in [3.63, 3.8) is 0 Å². The molecule has 0 bridgehead atoms. The summed E-state index contributed by atoms with van der Waals surface area (Å²) in [6.45, 7) is 0.552. The Balaban J connectivity index is 1.76. The Kier molecular flexibility index (Phi) is 6.57. The molecule has 0 aliphatic carbocycles. The van der Waals surface area contributed by atoms with E-state index in [2.05, 4.69) is 34.1 Å². The van der Waals surface area contributed by atoms with Crippen molar-refractivity contribution in [2.75, 3.05) is 28.4 Å². The lowest BCUT2D eigenvalue weighted by atomic mass is 9.87. The maximum atomic E-state index is 13.2. The maximum Gasteiger partial charge on any atom is 0.323 e. The summed E-state index contributed by atoms with van der Waals surface area (Å²) in [4.78, 5) is 19.1. The molecule has 1 aliphatic heterocycles. The molecule has 1 N–H and O–H groups in total. The minimum atomic E-state index is -0.481. The lowest BCUT2D eigenvalue weighted by Gasteiger charge is -2.41. The zero-order chi connectivity index (χ0) is 25.2. The molecule has 0 saturated heterocycles. The van der Waals surface area contributed by atoms with Crippen LogP contribution in [-0.4, -0.2) is 50.3 Å². The Labute approximate surface area is 210 Å². The Hall–Kier alpha value is -3.97. The second kappa shape index (κ2) is 9.95. The standard InChI is InChI=1S/C29H30N2O5/c1-33-24-14-19(15-25(34-2)28(24)35-3)27-26-21(20-12-8-9-13-22(20)30-26)16-23(29(32)36-4)31(27)17-18-10-6-5-7-11-18/h5-15,23,27,30H,16-17H2,1-4H3/t23-,27-/m0/s1. The van der Waals surface area contributed by atoms with Crippen LogP contribution in [0.3, 0.4) is 0 Å². The molecule has 3 aromatic carbocycles. The van der Waals surface area contributed by atoms with Gasteiger partial charge >= 0.3 is 5.97 Å². The van der Waals surface area contributed by atoms with E-state index in [1.165, 1.54) is 7.11 Å². The van der Waals surface area contributed by atoms with Crippen molar-refractivity contribution in [2.24, 2.45) is 0 Å². The third kappa shape index (κ3) is 4.05. The van der Waals surface area contributed by atoms with Crippen LogP contribution in [0.5, 0.6) is 17.2 Å². The number of aromatic nitrogens is 1. The van der Waals surface area contributed by atoms with Crippen molar-refractivity contribution in [3.8, 4) is 17.2 Å². The van der Waals surface area contributed by atoms with Crippen LogP contribution in [-0.2, 0) is 22.5 Å². The van der Waals surface area contributed by atoms with E-state index in [-0.39, 0.29) is 12.0 Å². The number of hydrogen-bond acceptors (Lipinski definition) is 6. The minimum absolute atomic E-state index is 0.265. The Morgan fingerprint density at radius 2 is 1.58 bits per heavy atom. The van der Waals surface area contributed by atoms with Crippen LogP contribution in [0.1, 0.15) is 28.4 Å². The van der Waals surface area contributed by atoms with Gasteiger partial charge in [0.15, 0.2) is 11.5 Å². The Morgan fingerprint density at radius 3 is 2.22 bits per heavy atom. The molecule has 0 fully saturated rings. The van der Waals surface area contributed by atoms with Crippen molar-refractivity contribution < 1.29 is 23.7 Å². The van der Waals surface area contributed by atoms with Crippen LogP contribution in [0.2, 0.25) is 0 Å². The summed E-state index contributed by atoms with van der Waals surface area (Å²) in [5.74, 6) is 1.38. The summed E-state index contributed by atoms with van der Waals surface area (Å²) < 4.78 is 22.2. The molecule has 36 heavy (non-hydrogen) atoms. The molecule has 2 atom stereocenters. The van der Waals surface area contributed by atoms with E-state index in [0.29, 0.717) is 30.2 Å². The van der Waals surface area contributed by atoms with Crippen LogP contribution >= 0.6 is 0 Å². The van der Waals surface area contributed by atoms with E-state index in [1.54, 1.807) is 21.3 Å². The summed E-state index contributed by atoms with van der Waals surface area (Å²) in [5.41, 5.74) is 5.21. The normalized spacial score (nSPS) is 17.4. The van der Waals surface area contributed by atoms with Crippen molar-refractivity contribution in [2.45, 2.75) is 25.0 Å². The van der Waals surface area contributed by atoms with Crippen LogP contribution in [0, 0.1) is 0 Å². The number of hydrogen-bond donors (Lipinski definition) is 1. The van der Waals surface area contributed by atoms with Crippen molar-refractivity contribution in [1.82, 2.24) is 9.88 Å². The first kappa shape index (κ1) is 23.8. The number of para-hydroxylation sites is 1. The van der Waals surface area contributed by atoms with Crippen molar-refractivity contribution in [3.05, 3.63) is 89.1 Å². The lowest BCUT2D eigenvalue weighted by Crippen LogP contribution is -2.48. The second-order valence-electron chi connectivity index (χ2n) is 8.83. The molecule has 5 rings (SSSR count). The first-order valence-corrected chi connectivity index (χ1v) is 11.9. The predicted molar refractivity (Wildman–Crippen MR) is 138 cm³/mol. The third-order valence-corrected chi connectivity index (χ3v) is 6.93. The molecule has 186 valence electrons. The molecular weight excluding hydrogens is 456 g/mol. The summed E-state index contributed by atoms with van der Waals surface area (Å²) in [5, 5.41) is 1.11. The smallest absolute Gasteiger partial charge is 0.323 e. The van der Waals surface area contributed by atoms with Gasteiger partial charge in [-0.15, -0.1) is 0 Å². The molecule has 0 saturated carbocycles. The summed E-state index contributed by atoms with van der Waals surface area (Å²) in [6.07, 6.45) is 0.541. The Bertz CT molecular complexity index is 1360. The van der Waals surface area contributed by atoms with E-state index < -0.39 is 6.04 Å². The first-order chi connectivity index (χ1) is 17.6. The maximum absolute atomic E-state index is 13.2. The van der Waals surface area contributed by atoms with Crippen LogP contribution in [0.4, 0.5) is 0 Å². The minimum Gasteiger partial charge on any atom is -0.493 e. The van der Waals surface area contributed by atoms with Crippen LogP contribution in [0.25, 0.3) is 10.9 Å². The molecule has 7 heteroatoms. The zero-order valence-electron chi connectivity index (χ0n) is 20.9. The molecule has 0 amide bonds. The molecule has 0 spiro atoms. The number of carbonyl (C=O) groups is 1. The number of methoxy groups -OCH3 is 4. The summed E-state index contributed by atoms with van der Waals surface area (Å²) in [6, 6.07) is 21.5. The number of benzene rings is 3. The molecule has 2 heterocycles. The fourth-order valence-electron chi connectivity index (χ4n) is 5.30. The van der Waals surface area contributed by atoms with Gasteiger partial charge in [0, 0.05) is 29.6 Å². The van der Waals surface area contributed by atoms with Gasteiger partial charge < -0.3 is 23.9 Å². The zero-order valence-corrected chi connectivity index (χ0v) is 20.9. The van der Waals surface area contributed by atoms with E-state index in [1.807, 2.05) is 42.5 Å². The van der Waals surface area contributed by atoms with Gasteiger partial charge in [-0.05, 0) is 34.9 Å². The predicted octanol–water partition coefficient (Wildman–Crippen LogP) is 4.88. The van der Waals surface area contributed by atoms with Gasteiger partial charge in [0.1, 0.15) is 6.04 Å². The monoisotopic (exact) mass is 486 g/mol. The van der Waals surface area contributed by atoms with E-state index in [9.17, 15) is 4.79 Å². The quantitative estimate of drug-likeness (QED) is 0.375. The highest BCUT2D eigenvalue weighted by molar-refractivity contribution is 5.87. The van der Waals surface area contributed by atoms with Gasteiger partial charge in [-0.3, -0.25) is 9.69 Å². The number of esters is 1. The highest BCUT2D eigenvalue weighted by Crippen LogP contribution is 2.46. The SMILES string of the molecule is COC(=O)[C@@H]1Cc2c([nH]c3ccccc23)[C@H](c2cc(OC)c(OC)c(OC)c2)N1Cc1ccccc1. The molecule has 7 nitrogen and oxygen atoms in total. The lowest BCUT2D eigenvalue weighted by molar-refractivity contribution is -0.148. The number of H-pyrrole nitrogens is 1. The van der Waals surface area contributed by atoms with Crippen molar-refractivity contribution >= 4 is 16.9 Å². The summed E-state index contributed by atoms with van der Waals surface area (Å²) >= 11 is 0. The molecule has 4 aromatic rings. The average Bonchev–Trinajstić information content (AvgIpc) is 3.30. The fraction of sp³-hybridized carbons (Fsp3) is 0.276. The van der Waals surface area contributed by atoms with Crippen molar-refractivity contribution in [1.29, 1.82) is 0 Å². The van der Waals surface area contributed by atoms with Gasteiger partial charge in [0.2, 0.25) is 5.75 Å². The summed E-state index contributed by atoms with van der Waals surface area (Å²) in [7, 11) is 6.25. The van der Waals surface area contributed by atoms with Gasteiger partial charge in [0.25, 0.3) is 0 Å². The first-order valence-electron chi connectivity index (χ1n) is 11.9. The number of nitrogens with one attached hydrogen (secondary N) is 1. The van der Waals surface area contributed by atoms with Gasteiger partial charge in [-0.1, -0.05) is 48.5 Å². The van der Waals surface area contributed by atoms with Crippen LogP contribution < -0.4 is 14.2 Å². The number of ether oxygens (including phenoxy) is 4. The Morgan fingerprint density at radius 1 is 0.917 bits per heavy atom. The largest absolute Gasteiger partial charge is 0.493 e. The number of carbonyl (C=O) groups excluding carboxylic acids is 1. The van der Waals surface area contributed by atoms with E-state index >= 15 is 0 Å². The fourth-order valence-corrected chi connectivity index (χ4v) is 5.30. The second-order valence-corrected chi connectivity index (χ2v) is 8.83.